The van der Waals surface area contributed by atoms with Crippen molar-refractivity contribution in [2.75, 3.05) is 0 Å². The largest absolute Gasteiger partial charge is 0.512 e. The van der Waals surface area contributed by atoms with Gasteiger partial charge in [-0.3, -0.25) is 4.79 Å². The summed E-state index contributed by atoms with van der Waals surface area (Å²) < 4.78 is 0. The molecule has 1 N–H and O–H groups in total. The van der Waals surface area contributed by atoms with E-state index in [9.17, 15) is 9.90 Å². The molecule has 0 amide bonds. The number of carbonyl (C=O) groups is 1. The van der Waals surface area contributed by atoms with Gasteiger partial charge in [-0.1, -0.05) is 0 Å². The number of hydrogen-bond acceptors (Lipinski definition) is 4. The van der Waals surface area contributed by atoms with Crippen LogP contribution in [0.15, 0.2) is 24.1 Å². The minimum absolute atomic E-state index is 0.0100. The molecule has 0 aliphatic heterocycles. The van der Waals surface area contributed by atoms with Crippen molar-refractivity contribution in [1.29, 1.82) is 0 Å². The lowest BCUT2D eigenvalue weighted by molar-refractivity contribution is -0.115. The van der Waals surface area contributed by atoms with Crippen LogP contribution in [0, 0.1) is 6.92 Å². The predicted octanol–water partition coefficient (Wildman–Crippen LogP) is 1.67. The summed E-state index contributed by atoms with van der Waals surface area (Å²) in [4.78, 5) is 19.5. The lowest BCUT2D eigenvalue weighted by atomic mass is 9.89. The number of rotatable bonds is 1. The van der Waals surface area contributed by atoms with Crippen LogP contribution in [0.2, 0.25) is 0 Å². The topological polar surface area (TPSA) is 63.1 Å². The highest BCUT2D eigenvalue weighted by molar-refractivity contribution is 5.91. The number of nitrogens with zero attached hydrogens (tertiary/aromatic N) is 2. The third kappa shape index (κ3) is 2.21. The van der Waals surface area contributed by atoms with Gasteiger partial charge in [0.15, 0.2) is 5.78 Å². The Morgan fingerprint density at radius 3 is 2.93 bits per heavy atom. The summed E-state index contributed by atoms with van der Waals surface area (Å²) in [7, 11) is 0. The van der Waals surface area contributed by atoms with Crippen molar-refractivity contribution in [3.63, 3.8) is 0 Å². The highest BCUT2D eigenvalue weighted by Crippen LogP contribution is 2.28. The number of carbonyl (C=O) groups excluding carboxylic acids is 1. The van der Waals surface area contributed by atoms with Crippen molar-refractivity contribution >= 4 is 5.78 Å². The zero-order chi connectivity index (χ0) is 10.8. The van der Waals surface area contributed by atoms with Crippen molar-refractivity contribution in [2.24, 2.45) is 0 Å². The first-order valence-electron chi connectivity index (χ1n) is 4.87. The van der Waals surface area contributed by atoms with Crippen LogP contribution in [0.4, 0.5) is 0 Å². The average Bonchev–Trinajstić information content (AvgIpc) is 2.16. The highest BCUT2D eigenvalue weighted by atomic mass is 16.3. The fourth-order valence-corrected chi connectivity index (χ4v) is 1.78. The summed E-state index contributed by atoms with van der Waals surface area (Å²) >= 11 is 0. The van der Waals surface area contributed by atoms with Crippen molar-refractivity contribution < 1.29 is 9.90 Å². The van der Waals surface area contributed by atoms with E-state index < -0.39 is 0 Å². The third-order valence-corrected chi connectivity index (χ3v) is 2.45. The molecule has 78 valence electrons. The van der Waals surface area contributed by atoms with Gasteiger partial charge in [-0.05, 0) is 13.0 Å². The molecule has 0 fully saturated rings. The van der Waals surface area contributed by atoms with Crippen LogP contribution in [-0.4, -0.2) is 20.9 Å². The highest BCUT2D eigenvalue weighted by Gasteiger charge is 2.22. The van der Waals surface area contributed by atoms with Gasteiger partial charge in [0.2, 0.25) is 0 Å². The first kappa shape index (κ1) is 9.83. The Balaban J connectivity index is 2.26. The first-order chi connectivity index (χ1) is 7.15. The summed E-state index contributed by atoms with van der Waals surface area (Å²) in [6.45, 7) is 1.81. The zero-order valence-corrected chi connectivity index (χ0v) is 8.47. The number of aliphatic hydroxyl groups is 1. The minimum Gasteiger partial charge on any atom is -0.512 e. The molecule has 1 aromatic heterocycles. The summed E-state index contributed by atoms with van der Waals surface area (Å²) in [5.74, 6) is 0.783. The van der Waals surface area contributed by atoms with Gasteiger partial charge in [0, 0.05) is 36.7 Å². The van der Waals surface area contributed by atoms with Gasteiger partial charge in [-0.15, -0.1) is 0 Å². The lowest BCUT2D eigenvalue weighted by Gasteiger charge is -2.18. The molecule has 2 rings (SSSR count). The van der Waals surface area contributed by atoms with Gasteiger partial charge in [-0.25, -0.2) is 9.97 Å². The number of aromatic nitrogens is 2. The van der Waals surface area contributed by atoms with E-state index in [1.807, 2.05) is 6.92 Å². The van der Waals surface area contributed by atoms with Crippen LogP contribution in [-0.2, 0) is 4.79 Å². The maximum Gasteiger partial charge on any atom is 0.159 e. The second-order valence-electron chi connectivity index (χ2n) is 3.74. The SMILES string of the molecule is Cc1nccc(C2CC(=O)C=C(O)C2)n1. The van der Waals surface area contributed by atoms with Crippen LogP contribution in [0.1, 0.15) is 30.3 Å². The van der Waals surface area contributed by atoms with Crippen LogP contribution >= 0.6 is 0 Å². The van der Waals surface area contributed by atoms with Gasteiger partial charge in [-0.2, -0.15) is 0 Å². The number of aliphatic hydroxyl groups excluding tert-OH is 1. The monoisotopic (exact) mass is 204 g/mol. The molecule has 1 aliphatic carbocycles. The van der Waals surface area contributed by atoms with Crippen LogP contribution in [0.25, 0.3) is 0 Å². The second kappa shape index (κ2) is 3.81. The first-order valence-corrected chi connectivity index (χ1v) is 4.87. The molecule has 0 radical (unpaired) electrons. The summed E-state index contributed by atoms with van der Waals surface area (Å²) in [6, 6.07) is 1.80. The molecular weight excluding hydrogens is 192 g/mol. The quantitative estimate of drug-likeness (QED) is 0.755. The van der Waals surface area contributed by atoms with Crippen LogP contribution in [0.5, 0.6) is 0 Å². The molecule has 1 aromatic rings. The third-order valence-electron chi connectivity index (χ3n) is 2.45. The van der Waals surface area contributed by atoms with E-state index in [0.29, 0.717) is 18.7 Å². The summed E-state index contributed by atoms with van der Waals surface area (Å²) in [5.41, 5.74) is 0.829. The number of ketones is 1. The molecule has 1 atom stereocenters. The average molecular weight is 204 g/mol. The molecule has 1 heterocycles. The van der Waals surface area contributed by atoms with Crippen molar-refractivity contribution in [3.8, 4) is 0 Å². The van der Waals surface area contributed by atoms with Gasteiger partial charge in [0.05, 0.1) is 5.76 Å². The van der Waals surface area contributed by atoms with Crippen LogP contribution < -0.4 is 0 Å². The van der Waals surface area contributed by atoms with Gasteiger partial charge >= 0.3 is 0 Å². The summed E-state index contributed by atoms with van der Waals surface area (Å²) in [5, 5.41) is 9.38. The smallest absolute Gasteiger partial charge is 0.159 e. The van der Waals surface area contributed by atoms with Gasteiger partial charge in [0.25, 0.3) is 0 Å². The zero-order valence-electron chi connectivity index (χ0n) is 8.47. The van der Waals surface area contributed by atoms with E-state index in [-0.39, 0.29) is 17.5 Å². The Bertz CT molecular complexity index is 426. The lowest BCUT2D eigenvalue weighted by Crippen LogP contribution is -2.14. The van der Waals surface area contributed by atoms with E-state index in [4.69, 9.17) is 0 Å². The molecule has 0 spiro atoms. The van der Waals surface area contributed by atoms with Gasteiger partial charge < -0.3 is 5.11 Å². The molecule has 1 unspecified atom stereocenters. The Labute approximate surface area is 87.7 Å². The fraction of sp³-hybridized carbons (Fsp3) is 0.364. The molecule has 1 aliphatic rings. The predicted molar refractivity (Wildman–Crippen MR) is 54.5 cm³/mol. The van der Waals surface area contributed by atoms with Crippen molar-refractivity contribution in [3.05, 3.63) is 35.6 Å². The van der Waals surface area contributed by atoms with E-state index in [1.54, 1.807) is 12.3 Å². The fourth-order valence-electron chi connectivity index (χ4n) is 1.78. The molecular formula is C11H12N2O2. The second-order valence-corrected chi connectivity index (χ2v) is 3.74. The number of hydrogen-bond donors (Lipinski definition) is 1. The maximum atomic E-state index is 11.3. The number of allylic oxidation sites excluding steroid dienone is 2. The summed E-state index contributed by atoms with van der Waals surface area (Å²) in [6.07, 6.45) is 3.88. The molecule has 0 aromatic carbocycles. The number of aryl methyl sites for hydroxylation is 1. The molecule has 0 bridgehead atoms. The molecule has 4 heteroatoms. The molecule has 0 saturated carbocycles. The maximum absolute atomic E-state index is 11.3. The standard InChI is InChI=1S/C11H12N2O2/c1-7-12-3-2-11(13-7)8-4-9(14)6-10(15)5-8/h2-3,6,8,14H,4-5H2,1H3. The molecule has 4 nitrogen and oxygen atoms in total. The van der Waals surface area contributed by atoms with Crippen LogP contribution in [0.3, 0.4) is 0 Å². The van der Waals surface area contributed by atoms with Gasteiger partial charge in [0.1, 0.15) is 5.82 Å². The normalized spacial score (nSPS) is 21.3. The minimum atomic E-state index is -0.0417. The van der Waals surface area contributed by atoms with E-state index in [1.165, 1.54) is 6.08 Å². The Morgan fingerprint density at radius 1 is 1.47 bits per heavy atom. The van der Waals surface area contributed by atoms with E-state index in [0.717, 1.165) is 5.69 Å². The van der Waals surface area contributed by atoms with Crippen molar-refractivity contribution in [1.82, 2.24) is 9.97 Å². The Kier molecular flexibility index (Phi) is 2.49. The van der Waals surface area contributed by atoms with E-state index >= 15 is 0 Å². The molecule has 15 heavy (non-hydrogen) atoms. The van der Waals surface area contributed by atoms with Crippen molar-refractivity contribution in [2.45, 2.75) is 25.7 Å². The molecule has 0 saturated heterocycles. The Morgan fingerprint density at radius 2 is 2.27 bits per heavy atom. The Hall–Kier alpha value is -1.71. The van der Waals surface area contributed by atoms with E-state index in [2.05, 4.69) is 9.97 Å².